The smallest absolute Gasteiger partial charge is 0.253 e. The fourth-order valence-corrected chi connectivity index (χ4v) is 1.94. The zero-order valence-electron chi connectivity index (χ0n) is 11.7. The molecule has 110 valence electrons. The van der Waals surface area contributed by atoms with Gasteiger partial charge in [-0.1, -0.05) is 41.9 Å². The first-order valence-electron chi connectivity index (χ1n) is 6.58. The highest BCUT2D eigenvalue weighted by Gasteiger charge is 2.15. The van der Waals surface area contributed by atoms with Crippen molar-refractivity contribution in [2.45, 2.75) is 19.6 Å². The van der Waals surface area contributed by atoms with Crippen LogP contribution < -0.4 is 11.1 Å². The molecule has 0 aliphatic heterocycles. The van der Waals surface area contributed by atoms with E-state index in [1.165, 1.54) is 0 Å². The Balaban J connectivity index is 1.91. The summed E-state index contributed by atoms with van der Waals surface area (Å²) in [5.41, 5.74) is 7.72. The molecule has 0 fully saturated rings. The van der Waals surface area contributed by atoms with Crippen molar-refractivity contribution in [3.05, 3.63) is 59.1 Å². The lowest BCUT2D eigenvalue weighted by atomic mass is 10.2. The Labute approximate surface area is 128 Å². The van der Waals surface area contributed by atoms with E-state index in [1.54, 1.807) is 31.2 Å². The molecule has 3 N–H and O–H groups in total. The van der Waals surface area contributed by atoms with E-state index in [1.807, 2.05) is 24.3 Å². The minimum atomic E-state index is -0.610. The third-order valence-corrected chi connectivity index (χ3v) is 3.40. The average Bonchev–Trinajstić information content (AvgIpc) is 2.48. The lowest BCUT2D eigenvalue weighted by Gasteiger charge is -2.15. The fraction of sp³-hybridized carbons (Fsp3) is 0.188. The van der Waals surface area contributed by atoms with Crippen LogP contribution in [0.1, 0.15) is 12.5 Å². The van der Waals surface area contributed by atoms with Crippen molar-refractivity contribution in [2.24, 2.45) is 0 Å². The molecule has 0 heterocycles. The van der Waals surface area contributed by atoms with Gasteiger partial charge >= 0.3 is 0 Å². The van der Waals surface area contributed by atoms with E-state index in [4.69, 9.17) is 22.1 Å². The monoisotopic (exact) mass is 304 g/mol. The highest BCUT2D eigenvalue weighted by atomic mass is 35.5. The number of carbonyl (C=O) groups is 1. The molecule has 2 rings (SSSR count). The number of rotatable bonds is 5. The van der Waals surface area contributed by atoms with Gasteiger partial charge in [-0.3, -0.25) is 4.79 Å². The molecule has 0 aliphatic carbocycles. The summed E-state index contributed by atoms with van der Waals surface area (Å²) < 4.78 is 5.55. The number of halogens is 1. The summed E-state index contributed by atoms with van der Waals surface area (Å²) >= 11 is 6.04. The van der Waals surface area contributed by atoms with Gasteiger partial charge in [-0.25, -0.2) is 0 Å². The van der Waals surface area contributed by atoms with Crippen LogP contribution in [0.3, 0.4) is 0 Å². The highest BCUT2D eigenvalue weighted by Crippen LogP contribution is 2.19. The summed E-state index contributed by atoms with van der Waals surface area (Å²) in [5.74, 6) is -0.250. The number of nitrogen functional groups attached to an aromatic ring is 1. The third kappa shape index (κ3) is 4.21. The zero-order chi connectivity index (χ0) is 15.2. The molecule has 21 heavy (non-hydrogen) atoms. The second kappa shape index (κ2) is 7.11. The van der Waals surface area contributed by atoms with E-state index in [9.17, 15) is 4.79 Å². The lowest BCUT2D eigenvalue weighted by Crippen LogP contribution is -2.28. The molecule has 2 aromatic rings. The van der Waals surface area contributed by atoms with Gasteiger partial charge in [-0.2, -0.15) is 0 Å². The Morgan fingerprint density at radius 1 is 1.24 bits per heavy atom. The molecule has 0 aromatic heterocycles. The molecule has 0 spiro atoms. The number of amides is 1. The molecule has 0 saturated heterocycles. The van der Waals surface area contributed by atoms with Crippen molar-refractivity contribution in [1.82, 2.24) is 0 Å². The molecule has 0 saturated carbocycles. The van der Waals surface area contributed by atoms with Crippen LogP contribution >= 0.6 is 11.6 Å². The van der Waals surface area contributed by atoms with E-state index in [0.29, 0.717) is 16.4 Å². The summed E-state index contributed by atoms with van der Waals surface area (Å²) in [6.45, 7) is 1.96. The molecule has 4 nitrogen and oxygen atoms in total. The number of ether oxygens (including phenoxy) is 1. The van der Waals surface area contributed by atoms with Crippen molar-refractivity contribution >= 4 is 28.9 Å². The van der Waals surface area contributed by atoms with Crippen LogP contribution in [0.5, 0.6) is 0 Å². The number of hydrogen-bond donors (Lipinski definition) is 2. The molecule has 5 heteroatoms. The number of benzene rings is 2. The predicted molar refractivity (Wildman–Crippen MR) is 85.2 cm³/mol. The Bertz CT molecular complexity index is 631. The zero-order valence-corrected chi connectivity index (χ0v) is 12.4. The largest absolute Gasteiger partial charge is 0.397 e. The Kier molecular flexibility index (Phi) is 5.20. The van der Waals surface area contributed by atoms with Crippen LogP contribution in [0.25, 0.3) is 0 Å². The average molecular weight is 305 g/mol. The Morgan fingerprint density at radius 2 is 1.90 bits per heavy atom. The van der Waals surface area contributed by atoms with Crippen LogP contribution in [0.15, 0.2) is 48.5 Å². The van der Waals surface area contributed by atoms with Crippen LogP contribution in [-0.4, -0.2) is 12.0 Å². The van der Waals surface area contributed by atoms with Crippen LogP contribution in [0.2, 0.25) is 5.02 Å². The number of nitrogens with two attached hydrogens (primary N) is 1. The predicted octanol–water partition coefficient (Wildman–Crippen LogP) is 3.47. The summed E-state index contributed by atoms with van der Waals surface area (Å²) in [5, 5.41) is 3.36. The fourth-order valence-electron chi connectivity index (χ4n) is 1.75. The van der Waals surface area contributed by atoms with E-state index in [2.05, 4.69) is 5.32 Å². The molecular weight excluding hydrogens is 288 g/mol. The van der Waals surface area contributed by atoms with Crippen molar-refractivity contribution in [2.75, 3.05) is 11.1 Å². The number of nitrogens with one attached hydrogen (secondary N) is 1. The van der Waals surface area contributed by atoms with Crippen LogP contribution in [-0.2, 0) is 16.1 Å². The maximum Gasteiger partial charge on any atom is 0.253 e. The first kappa shape index (κ1) is 15.4. The van der Waals surface area contributed by atoms with E-state index in [0.717, 1.165) is 5.56 Å². The van der Waals surface area contributed by atoms with Crippen molar-refractivity contribution in [3.63, 3.8) is 0 Å². The normalized spacial score (nSPS) is 11.9. The number of anilines is 2. The standard InChI is InChI=1S/C16H17ClN2O2/c1-11(21-10-12-6-2-3-7-13(12)17)16(20)19-15-9-5-4-8-14(15)18/h2-9,11H,10,18H2,1H3,(H,19,20). The molecule has 0 radical (unpaired) electrons. The minimum Gasteiger partial charge on any atom is -0.397 e. The number of hydrogen-bond acceptors (Lipinski definition) is 3. The summed E-state index contributed by atoms with van der Waals surface area (Å²) in [6.07, 6.45) is -0.610. The van der Waals surface area contributed by atoms with Crippen molar-refractivity contribution in [1.29, 1.82) is 0 Å². The second-order valence-electron chi connectivity index (χ2n) is 4.62. The highest BCUT2D eigenvalue weighted by molar-refractivity contribution is 6.31. The molecular formula is C16H17ClN2O2. The van der Waals surface area contributed by atoms with Gasteiger partial charge in [0.15, 0.2) is 0 Å². The third-order valence-electron chi connectivity index (χ3n) is 3.03. The molecule has 2 aromatic carbocycles. The maximum absolute atomic E-state index is 12.0. The van der Waals surface area contributed by atoms with E-state index < -0.39 is 6.10 Å². The van der Waals surface area contributed by atoms with Gasteiger partial charge in [0.05, 0.1) is 18.0 Å². The van der Waals surface area contributed by atoms with E-state index >= 15 is 0 Å². The maximum atomic E-state index is 12.0. The Hall–Kier alpha value is -2.04. The molecule has 1 unspecified atom stereocenters. The van der Waals surface area contributed by atoms with Gasteiger partial charge in [-0.05, 0) is 30.7 Å². The molecule has 1 atom stereocenters. The quantitative estimate of drug-likeness (QED) is 0.831. The van der Waals surface area contributed by atoms with Gasteiger partial charge in [0, 0.05) is 5.02 Å². The molecule has 0 aliphatic rings. The van der Waals surface area contributed by atoms with Gasteiger partial charge in [0.25, 0.3) is 5.91 Å². The Morgan fingerprint density at radius 3 is 2.62 bits per heavy atom. The topological polar surface area (TPSA) is 64.3 Å². The molecule has 0 bridgehead atoms. The number of carbonyl (C=O) groups excluding carboxylic acids is 1. The number of para-hydroxylation sites is 2. The SMILES string of the molecule is CC(OCc1ccccc1Cl)C(=O)Nc1ccccc1N. The van der Waals surface area contributed by atoms with Gasteiger partial charge in [0.1, 0.15) is 6.10 Å². The summed E-state index contributed by atoms with van der Waals surface area (Å²) in [4.78, 5) is 12.0. The summed E-state index contributed by atoms with van der Waals surface area (Å²) in [6, 6.07) is 14.5. The van der Waals surface area contributed by atoms with Gasteiger partial charge in [-0.15, -0.1) is 0 Å². The first-order valence-corrected chi connectivity index (χ1v) is 6.96. The molecule has 1 amide bonds. The van der Waals surface area contributed by atoms with E-state index in [-0.39, 0.29) is 12.5 Å². The van der Waals surface area contributed by atoms with Crippen LogP contribution in [0, 0.1) is 0 Å². The van der Waals surface area contributed by atoms with Crippen molar-refractivity contribution in [3.8, 4) is 0 Å². The lowest BCUT2D eigenvalue weighted by molar-refractivity contribution is -0.127. The summed E-state index contributed by atoms with van der Waals surface area (Å²) in [7, 11) is 0. The van der Waals surface area contributed by atoms with Crippen molar-refractivity contribution < 1.29 is 9.53 Å². The van der Waals surface area contributed by atoms with Gasteiger partial charge < -0.3 is 15.8 Å². The second-order valence-corrected chi connectivity index (χ2v) is 5.03. The van der Waals surface area contributed by atoms with Crippen LogP contribution in [0.4, 0.5) is 11.4 Å². The van der Waals surface area contributed by atoms with Gasteiger partial charge in [0.2, 0.25) is 0 Å². The minimum absolute atomic E-state index is 0.250. The first-order chi connectivity index (χ1) is 10.1.